The molecule has 0 aromatic rings. The summed E-state index contributed by atoms with van der Waals surface area (Å²) in [5, 5.41) is 7.00. The van der Waals surface area contributed by atoms with Crippen molar-refractivity contribution >= 4 is 0 Å². The molecule has 4 heavy (non-hydrogen) atoms. The van der Waals surface area contributed by atoms with E-state index in [1.807, 2.05) is 0 Å². The van der Waals surface area contributed by atoms with Gasteiger partial charge in [-0.25, -0.2) is 0 Å². The molecular weight excluding hydrogens is 288 g/mol. The van der Waals surface area contributed by atoms with Crippen LogP contribution in [0.1, 0.15) is 0 Å². The minimum absolute atomic E-state index is 0. The fourth-order valence-electron chi connectivity index (χ4n) is 0. The van der Waals surface area contributed by atoms with Gasteiger partial charge >= 0.3 is 68.9 Å². The average molecular weight is 292 g/mol. The van der Waals surface area contributed by atoms with Gasteiger partial charge in [0.15, 0.2) is 0 Å². The summed E-state index contributed by atoms with van der Waals surface area (Å²) >= 11 is 0. The van der Waals surface area contributed by atoms with Crippen molar-refractivity contribution in [3.8, 4) is 0 Å². The van der Waals surface area contributed by atoms with E-state index in [4.69, 9.17) is 5.11 Å². The van der Waals surface area contributed by atoms with Crippen LogP contribution in [0.25, 0.3) is 0 Å². The van der Waals surface area contributed by atoms with Crippen LogP contribution in [0.15, 0.2) is 0 Å². The molecule has 0 aromatic carbocycles. The van der Waals surface area contributed by atoms with E-state index in [1.165, 1.54) is 0 Å². The zero-order valence-electron chi connectivity index (χ0n) is 2.83. The van der Waals surface area contributed by atoms with Crippen LogP contribution in [0, 0.1) is 0 Å². The molecule has 3 heteroatoms. The van der Waals surface area contributed by atoms with Crippen LogP contribution < -0.4 is 92.9 Å². The fraction of sp³-hybridized carbons (Fsp3) is 1.00. The van der Waals surface area contributed by atoms with Crippen LogP contribution >= 0.6 is 0 Å². The number of halogens is 1. The Labute approximate surface area is 102 Å². The quantitative estimate of drug-likeness (QED) is 0.440. The first-order valence-electron chi connectivity index (χ1n) is 0.447. The van der Waals surface area contributed by atoms with Crippen molar-refractivity contribution in [2.45, 2.75) is 0 Å². The summed E-state index contributed by atoms with van der Waals surface area (Å²) in [6.07, 6.45) is 0. The van der Waals surface area contributed by atoms with Gasteiger partial charge in [-0.15, -0.1) is 0 Å². The molecular formula is CH4CsIO. The maximum absolute atomic E-state index is 7.00. The Morgan fingerprint density at radius 3 is 1.25 bits per heavy atom. The largest absolute Gasteiger partial charge is 1.00 e. The Morgan fingerprint density at radius 1 is 1.25 bits per heavy atom. The van der Waals surface area contributed by atoms with Gasteiger partial charge in [-0.2, -0.15) is 0 Å². The van der Waals surface area contributed by atoms with Crippen molar-refractivity contribution in [1.82, 2.24) is 0 Å². The molecule has 0 atom stereocenters. The van der Waals surface area contributed by atoms with Gasteiger partial charge in [0.05, 0.1) is 0 Å². The van der Waals surface area contributed by atoms with E-state index < -0.39 is 0 Å². The molecule has 0 bridgehead atoms. The maximum atomic E-state index is 7.00. The first-order valence-corrected chi connectivity index (χ1v) is 0.447. The summed E-state index contributed by atoms with van der Waals surface area (Å²) in [4.78, 5) is 0. The third kappa shape index (κ3) is 8.83. The van der Waals surface area contributed by atoms with Gasteiger partial charge in [-0.3, -0.25) is 0 Å². The molecule has 0 spiro atoms. The molecule has 0 rings (SSSR count). The minimum atomic E-state index is 0. The van der Waals surface area contributed by atoms with Gasteiger partial charge < -0.3 is 29.1 Å². The van der Waals surface area contributed by atoms with Crippen LogP contribution in [0.4, 0.5) is 0 Å². The number of hydrogen-bond donors (Lipinski definition) is 1. The van der Waals surface area contributed by atoms with Crippen molar-refractivity contribution in [3.05, 3.63) is 0 Å². The van der Waals surface area contributed by atoms with Crippen LogP contribution in [-0.4, -0.2) is 12.2 Å². The van der Waals surface area contributed by atoms with Crippen LogP contribution in [-0.2, 0) is 0 Å². The summed E-state index contributed by atoms with van der Waals surface area (Å²) in [5.74, 6) is 0. The van der Waals surface area contributed by atoms with Gasteiger partial charge in [0, 0.05) is 7.11 Å². The second kappa shape index (κ2) is 17.2. The normalized spacial score (nSPS) is 1.50. The first kappa shape index (κ1) is 15.9. The Morgan fingerprint density at radius 2 is 1.25 bits per heavy atom. The average Bonchev–Trinajstić information content (AvgIpc) is 1.00. The topological polar surface area (TPSA) is 20.2 Å². The first-order chi connectivity index (χ1) is 1.00. The van der Waals surface area contributed by atoms with E-state index in [2.05, 4.69) is 0 Å². The number of hydrogen-bond acceptors (Lipinski definition) is 1. The maximum Gasteiger partial charge on any atom is 1.00 e. The molecule has 0 saturated carbocycles. The van der Waals surface area contributed by atoms with Gasteiger partial charge in [0.1, 0.15) is 0 Å². The van der Waals surface area contributed by atoms with Gasteiger partial charge in [-0.1, -0.05) is 0 Å². The van der Waals surface area contributed by atoms with Gasteiger partial charge in [-0.05, 0) is 0 Å². The molecule has 0 aromatic heterocycles. The zero-order valence-corrected chi connectivity index (χ0v) is 11.3. The van der Waals surface area contributed by atoms with E-state index >= 15 is 0 Å². The SMILES string of the molecule is CO.[Cs+].[I-]. The summed E-state index contributed by atoms with van der Waals surface area (Å²) in [7, 11) is 1.00. The number of aliphatic hydroxyl groups is 1. The summed E-state index contributed by atoms with van der Waals surface area (Å²) in [6, 6.07) is 0. The monoisotopic (exact) mass is 292 g/mol. The van der Waals surface area contributed by atoms with Crippen molar-refractivity contribution in [2.24, 2.45) is 0 Å². The van der Waals surface area contributed by atoms with E-state index in [9.17, 15) is 0 Å². The van der Waals surface area contributed by atoms with Crippen molar-refractivity contribution in [1.29, 1.82) is 0 Å². The molecule has 0 amide bonds. The van der Waals surface area contributed by atoms with Gasteiger partial charge in [0.25, 0.3) is 0 Å². The minimum Gasteiger partial charge on any atom is -1.00 e. The van der Waals surface area contributed by atoms with E-state index in [0.717, 1.165) is 7.11 Å². The predicted octanol–water partition coefficient (Wildman–Crippen LogP) is -6.38. The summed E-state index contributed by atoms with van der Waals surface area (Å²) in [5.41, 5.74) is 0. The van der Waals surface area contributed by atoms with Crippen molar-refractivity contribution < 1.29 is 98.0 Å². The molecule has 0 saturated heterocycles. The van der Waals surface area contributed by atoms with Crippen LogP contribution in [0.5, 0.6) is 0 Å². The Bertz CT molecular complexity index is 8.00. The second-order valence-corrected chi connectivity index (χ2v) is 0. The predicted molar refractivity (Wildman–Crippen MR) is 8.14 cm³/mol. The smallest absolute Gasteiger partial charge is 1.00 e. The molecule has 0 unspecified atom stereocenters. The Balaban J connectivity index is -0.00000000500. The van der Waals surface area contributed by atoms with Crippen molar-refractivity contribution in [2.75, 3.05) is 7.11 Å². The number of rotatable bonds is 0. The molecule has 0 fully saturated rings. The molecule has 1 nitrogen and oxygen atoms in total. The van der Waals surface area contributed by atoms with E-state index in [1.54, 1.807) is 0 Å². The molecule has 1 N–H and O–H groups in total. The van der Waals surface area contributed by atoms with E-state index in [-0.39, 0.29) is 92.9 Å². The summed E-state index contributed by atoms with van der Waals surface area (Å²) < 4.78 is 0. The van der Waals surface area contributed by atoms with E-state index in [0.29, 0.717) is 0 Å². The third-order valence-electron chi connectivity index (χ3n) is 0. The Kier molecular flexibility index (Phi) is 68.2. The standard InChI is InChI=1S/CH4O.Cs.HI/c1-2;;/h2H,1H3;;1H/q;+1;/p-1. The molecule has 0 heterocycles. The zero-order chi connectivity index (χ0) is 2.00. The molecule has 0 radical (unpaired) electrons. The van der Waals surface area contributed by atoms with Crippen LogP contribution in [0.2, 0.25) is 0 Å². The molecule has 0 aliphatic rings. The summed E-state index contributed by atoms with van der Waals surface area (Å²) in [6.45, 7) is 0. The number of aliphatic hydroxyl groups excluding tert-OH is 1. The van der Waals surface area contributed by atoms with Crippen LogP contribution in [0.3, 0.4) is 0 Å². The molecule has 22 valence electrons. The molecule has 0 aliphatic heterocycles. The Hall–Kier alpha value is 2.74. The third-order valence-corrected chi connectivity index (χ3v) is 0. The fourth-order valence-corrected chi connectivity index (χ4v) is 0. The van der Waals surface area contributed by atoms with Crippen molar-refractivity contribution in [3.63, 3.8) is 0 Å². The second-order valence-electron chi connectivity index (χ2n) is 0. The molecule has 0 aliphatic carbocycles. The van der Waals surface area contributed by atoms with Gasteiger partial charge in [0.2, 0.25) is 0 Å².